The van der Waals surface area contributed by atoms with E-state index in [-0.39, 0.29) is 37.4 Å². The molecule has 5 nitrogen and oxygen atoms in total. The van der Waals surface area contributed by atoms with Crippen LogP contribution in [0.5, 0.6) is 0 Å². The van der Waals surface area contributed by atoms with Gasteiger partial charge in [0.2, 0.25) is 5.91 Å². The molecule has 1 amide bonds. The monoisotopic (exact) mass is 443 g/mol. The number of ether oxygens (including phenoxy) is 1. The molecule has 2 unspecified atom stereocenters. The van der Waals surface area contributed by atoms with Gasteiger partial charge in [0.1, 0.15) is 0 Å². The summed E-state index contributed by atoms with van der Waals surface area (Å²) in [5.74, 6) is -6.58. The number of carbonyl (C=O) groups excluding carboxylic acids is 1. The standard InChI is InChI=1S/C20H21F4N3O2S/c1-25(11-3-4-29-9-11)16(28)7-14-15-5-10(8-27(15)20(30)26(14)2)17-18(23)12(21)6-13(22)19(17)24/h6,10-11H,3-5,7-9H2,1-2H3. The largest absolute Gasteiger partial charge is 0.379 e. The topological polar surface area (TPSA) is 39.4 Å². The van der Waals surface area contributed by atoms with Gasteiger partial charge in [0.15, 0.2) is 28.0 Å². The highest BCUT2D eigenvalue weighted by molar-refractivity contribution is 7.71. The van der Waals surface area contributed by atoms with Crippen molar-refractivity contribution in [2.75, 3.05) is 20.3 Å². The van der Waals surface area contributed by atoms with E-state index in [0.717, 1.165) is 6.42 Å². The molecule has 30 heavy (non-hydrogen) atoms. The molecule has 2 atom stereocenters. The fraction of sp³-hybridized carbons (Fsp3) is 0.500. The summed E-state index contributed by atoms with van der Waals surface area (Å²) in [5, 5.41) is 0. The molecule has 10 heteroatoms. The normalized spacial score (nSPS) is 20.6. The molecule has 1 aromatic heterocycles. The van der Waals surface area contributed by atoms with Gasteiger partial charge in [-0.15, -0.1) is 0 Å². The van der Waals surface area contributed by atoms with Crippen LogP contribution < -0.4 is 0 Å². The predicted octanol–water partition coefficient (Wildman–Crippen LogP) is 3.24. The Bertz CT molecular complexity index is 1050. The molecular formula is C20H21F4N3O2S. The molecule has 1 aromatic carbocycles. The van der Waals surface area contributed by atoms with Gasteiger partial charge < -0.3 is 18.8 Å². The van der Waals surface area contributed by atoms with Crippen molar-refractivity contribution in [1.82, 2.24) is 14.0 Å². The highest BCUT2D eigenvalue weighted by atomic mass is 32.1. The number of likely N-dealkylation sites (N-methyl/N-ethyl adjacent to an activating group) is 1. The Hall–Kier alpha value is -2.20. The quantitative estimate of drug-likeness (QED) is 0.414. The second-order valence-corrected chi connectivity index (χ2v) is 8.19. The second-order valence-electron chi connectivity index (χ2n) is 7.83. The minimum absolute atomic E-state index is 0.00708. The Balaban J connectivity index is 1.64. The van der Waals surface area contributed by atoms with Gasteiger partial charge in [-0.1, -0.05) is 0 Å². The zero-order chi connectivity index (χ0) is 21.7. The zero-order valence-corrected chi connectivity index (χ0v) is 17.4. The summed E-state index contributed by atoms with van der Waals surface area (Å²) < 4.78 is 65.1. The summed E-state index contributed by atoms with van der Waals surface area (Å²) in [5.41, 5.74) is 0.669. The SMILES string of the molecule is CN(C(=O)Cc1c2n(c(=S)n1C)CC(c1c(F)c(F)cc(F)c1F)C2)C1CCOC1. The van der Waals surface area contributed by atoms with Gasteiger partial charge in [-0.3, -0.25) is 4.79 Å². The summed E-state index contributed by atoms with van der Waals surface area (Å²) in [7, 11) is 3.45. The van der Waals surface area contributed by atoms with Crippen LogP contribution in [0.4, 0.5) is 17.6 Å². The summed E-state index contributed by atoms with van der Waals surface area (Å²) in [6.07, 6.45) is 0.949. The molecule has 4 rings (SSSR count). The van der Waals surface area contributed by atoms with Crippen LogP contribution in [-0.2, 0) is 36.0 Å². The summed E-state index contributed by atoms with van der Waals surface area (Å²) >= 11 is 5.43. The van der Waals surface area contributed by atoms with Gasteiger partial charge in [-0.05, 0) is 25.1 Å². The lowest BCUT2D eigenvalue weighted by molar-refractivity contribution is -0.131. The van der Waals surface area contributed by atoms with Gasteiger partial charge in [-0.2, -0.15) is 0 Å². The van der Waals surface area contributed by atoms with Crippen LogP contribution in [0.3, 0.4) is 0 Å². The Labute approximate surface area is 175 Å². The maximum Gasteiger partial charge on any atom is 0.228 e. The van der Waals surface area contributed by atoms with Crippen LogP contribution in [-0.4, -0.2) is 46.2 Å². The summed E-state index contributed by atoms with van der Waals surface area (Å²) in [6.45, 7) is 1.18. The first kappa shape index (κ1) is 21.0. The lowest BCUT2D eigenvalue weighted by atomic mass is 9.94. The smallest absolute Gasteiger partial charge is 0.228 e. The molecule has 0 aliphatic carbocycles. The van der Waals surface area contributed by atoms with Crippen molar-refractivity contribution in [3.63, 3.8) is 0 Å². The molecular weight excluding hydrogens is 422 g/mol. The van der Waals surface area contributed by atoms with Gasteiger partial charge in [-0.25, -0.2) is 17.6 Å². The Morgan fingerprint density at radius 3 is 2.53 bits per heavy atom. The van der Waals surface area contributed by atoms with Gasteiger partial charge in [0.05, 0.1) is 19.1 Å². The van der Waals surface area contributed by atoms with E-state index in [1.807, 2.05) is 0 Å². The first-order valence-electron chi connectivity index (χ1n) is 9.64. The fourth-order valence-electron chi connectivity index (χ4n) is 4.36. The lowest BCUT2D eigenvalue weighted by Crippen LogP contribution is -2.38. The van der Waals surface area contributed by atoms with Crippen molar-refractivity contribution in [3.8, 4) is 0 Å². The number of rotatable bonds is 4. The average molecular weight is 443 g/mol. The summed E-state index contributed by atoms with van der Waals surface area (Å²) in [4.78, 5) is 14.5. The number of imidazole rings is 1. The van der Waals surface area contributed by atoms with Crippen LogP contribution in [0.25, 0.3) is 0 Å². The van der Waals surface area contributed by atoms with E-state index in [0.29, 0.717) is 29.4 Å². The third kappa shape index (κ3) is 3.35. The maximum atomic E-state index is 14.3. The van der Waals surface area contributed by atoms with Gasteiger partial charge in [0, 0.05) is 56.2 Å². The minimum atomic E-state index is -1.43. The van der Waals surface area contributed by atoms with E-state index < -0.39 is 34.8 Å². The van der Waals surface area contributed by atoms with Crippen LogP contribution >= 0.6 is 12.2 Å². The second kappa shape index (κ2) is 7.81. The van der Waals surface area contributed by atoms with Crippen molar-refractivity contribution in [3.05, 3.63) is 51.1 Å². The van der Waals surface area contributed by atoms with Crippen LogP contribution in [0.1, 0.15) is 29.3 Å². The number of hydrogen-bond acceptors (Lipinski definition) is 3. The van der Waals surface area contributed by atoms with E-state index in [1.165, 1.54) is 0 Å². The fourth-order valence-corrected chi connectivity index (χ4v) is 4.65. The molecule has 2 aliphatic rings. The van der Waals surface area contributed by atoms with E-state index in [9.17, 15) is 22.4 Å². The molecule has 0 saturated carbocycles. The molecule has 3 heterocycles. The summed E-state index contributed by atoms with van der Waals surface area (Å²) in [6, 6.07) is 0.210. The number of carbonyl (C=O) groups is 1. The lowest BCUT2D eigenvalue weighted by Gasteiger charge is -2.23. The third-order valence-corrected chi connectivity index (χ3v) is 6.64. The number of aromatic nitrogens is 2. The number of benzene rings is 1. The zero-order valence-electron chi connectivity index (χ0n) is 16.6. The number of fused-ring (bicyclic) bond motifs is 1. The Kier molecular flexibility index (Phi) is 5.48. The molecule has 1 saturated heterocycles. The number of halogens is 4. The van der Waals surface area contributed by atoms with Gasteiger partial charge in [0.25, 0.3) is 0 Å². The first-order valence-corrected chi connectivity index (χ1v) is 10.0. The first-order chi connectivity index (χ1) is 14.2. The van der Waals surface area contributed by atoms with Crippen molar-refractivity contribution in [1.29, 1.82) is 0 Å². The van der Waals surface area contributed by atoms with E-state index in [4.69, 9.17) is 17.0 Å². The predicted molar refractivity (Wildman–Crippen MR) is 103 cm³/mol. The molecule has 2 aromatic rings. The van der Waals surface area contributed by atoms with E-state index >= 15 is 0 Å². The number of amides is 1. The highest BCUT2D eigenvalue weighted by Gasteiger charge is 2.35. The highest BCUT2D eigenvalue weighted by Crippen LogP contribution is 2.36. The molecule has 1 fully saturated rings. The van der Waals surface area contributed by atoms with Crippen LogP contribution in [0.2, 0.25) is 0 Å². The molecule has 0 bridgehead atoms. The number of hydrogen-bond donors (Lipinski definition) is 0. The van der Waals surface area contributed by atoms with Gasteiger partial charge >= 0.3 is 0 Å². The van der Waals surface area contributed by atoms with Crippen molar-refractivity contribution >= 4 is 18.1 Å². The maximum absolute atomic E-state index is 14.3. The van der Waals surface area contributed by atoms with Crippen LogP contribution in [0, 0.1) is 28.0 Å². The van der Waals surface area contributed by atoms with Crippen molar-refractivity contribution < 1.29 is 27.1 Å². The molecule has 0 N–H and O–H groups in total. The third-order valence-electron chi connectivity index (χ3n) is 6.14. The number of nitrogens with zero attached hydrogens (tertiary/aromatic N) is 3. The molecule has 162 valence electrons. The van der Waals surface area contributed by atoms with Crippen LogP contribution in [0.15, 0.2) is 6.07 Å². The molecule has 0 spiro atoms. The Morgan fingerprint density at radius 1 is 1.27 bits per heavy atom. The minimum Gasteiger partial charge on any atom is -0.379 e. The molecule has 0 radical (unpaired) electrons. The van der Waals surface area contributed by atoms with Crippen molar-refractivity contribution in [2.24, 2.45) is 7.05 Å². The molecule has 2 aliphatic heterocycles. The van der Waals surface area contributed by atoms with E-state index in [2.05, 4.69) is 0 Å². The van der Waals surface area contributed by atoms with E-state index in [1.54, 1.807) is 28.1 Å². The Morgan fingerprint density at radius 2 is 1.93 bits per heavy atom. The average Bonchev–Trinajstić information content (AvgIpc) is 3.42. The van der Waals surface area contributed by atoms with Crippen molar-refractivity contribution in [2.45, 2.75) is 37.8 Å².